The Morgan fingerprint density at radius 3 is 2.88 bits per heavy atom. The first-order valence-corrected chi connectivity index (χ1v) is 6.21. The molecule has 1 aromatic heterocycles. The molecule has 1 saturated carbocycles. The van der Waals surface area contributed by atoms with Crippen LogP contribution in [0.1, 0.15) is 36.2 Å². The maximum absolute atomic E-state index is 12.1. The van der Waals surface area contributed by atoms with Crippen molar-refractivity contribution in [2.45, 2.75) is 25.7 Å². The molecule has 3 rings (SSSR count). The lowest BCUT2D eigenvalue weighted by Gasteiger charge is -2.04. The number of hydrogen-bond acceptors (Lipinski definition) is 2. The minimum atomic E-state index is 0.189. The van der Waals surface area contributed by atoms with E-state index in [4.69, 9.17) is 0 Å². The number of pyridine rings is 1. The van der Waals surface area contributed by atoms with E-state index in [0.717, 1.165) is 23.1 Å². The average molecular weight is 225 g/mol. The summed E-state index contributed by atoms with van der Waals surface area (Å²) < 4.78 is 0. The number of nitrogens with zero attached hydrogens (tertiary/aromatic N) is 1. The molecule has 1 aliphatic rings. The Kier molecular flexibility index (Phi) is 2.63. The van der Waals surface area contributed by atoms with Crippen molar-refractivity contribution in [3.63, 3.8) is 0 Å². The lowest BCUT2D eigenvalue weighted by molar-refractivity contribution is 0.0975. The fourth-order valence-corrected chi connectivity index (χ4v) is 2.20. The molecule has 1 heterocycles. The van der Waals surface area contributed by atoms with Crippen LogP contribution < -0.4 is 0 Å². The third kappa shape index (κ3) is 2.21. The average Bonchev–Trinajstić information content (AvgIpc) is 3.19. The van der Waals surface area contributed by atoms with Gasteiger partial charge >= 0.3 is 0 Å². The van der Waals surface area contributed by atoms with Gasteiger partial charge in [-0.3, -0.25) is 9.78 Å². The number of Topliss-reactive ketones (excluding diaryl/α,β-unsaturated/α-hetero) is 1. The molecule has 2 aromatic rings. The summed E-state index contributed by atoms with van der Waals surface area (Å²) in [6.07, 6.45) is 6.01. The lowest BCUT2D eigenvalue weighted by Crippen LogP contribution is -2.03. The summed E-state index contributed by atoms with van der Waals surface area (Å²) in [6.45, 7) is 0. The normalized spacial score (nSPS) is 15.1. The van der Waals surface area contributed by atoms with Gasteiger partial charge in [0.05, 0.1) is 0 Å². The number of fused-ring (bicyclic) bond motifs is 1. The summed E-state index contributed by atoms with van der Waals surface area (Å²) in [5.74, 6) is 0.989. The number of hydrogen-bond donors (Lipinski definition) is 0. The molecule has 0 bridgehead atoms. The quantitative estimate of drug-likeness (QED) is 0.744. The predicted molar refractivity (Wildman–Crippen MR) is 68.0 cm³/mol. The van der Waals surface area contributed by atoms with E-state index in [1.807, 2.05) is 30.3 Å². The predicted octanol–water partition coefficient (Wildman–Crippen LogP) is 3.61. The van der Waals surface area contributed by atoms with Gasteiger partial charge in [0.2, 0.25) is 0 Å². The largest absolute Gasteiger partial charge is 0.292 e. The Morgan fingerprint density at radius 1 is 1.24 bits per heavy atom. The highest BCUT2D eigenvalue weighted by atomic mass is 16.1. The van der Waals surface area contributed by atoms with Crippen molar-refractivity contribution < 1.29 is 4.79 Å². The van der Waals surface area contributed by atoms with E-state index in [-0.39, 0.29) is 5.78 Å². The van der Waals surface area contributed by atoms with Gasteiger partial charge in [-0.1, -0.05) is 37.1 Å². The van der Waals surface area contributed by atoms with Crippen molar-refractivity contribution in [3.05, 3.63) is 42.2 Å². The van der Waals surface area contributed by atoms with Crippen molar-refractivity contribution in [3.8, 4) is 0 Å². The number of carbonyl (C=O) groups is 1. The van der Waals surface area contributed by atoms with Gasteiger partial charge < -0.3 is 0 Å². The second-order valence-electron chi connectivity index (χ2n) is 4.79. The summed E-state index contributed by atoms with van der Waals surface area (Å²) in [6, 6.07) is 9.90. The van der Waals surface area contributed by atoms with Crippen LogP contribution in [0.2, 0.25) is 0 Å². The van der Waals surface area contributed by atoms with E-state index >= 15 is 0 Å². The Morgan fingerprint density at radius 2 is 2.06 bits per heavy atom. The minimum Gasteiger partial charge on any atom is -0.292 e. The summed E-state index contributed by atoms with van der Waals surface area (Å²) >= 11 is 0. The van der Waals surface area contributed by atoms with Gasteiger partial charge in [0, 0.05) is 18.0 Å². The van der Waals surface area contributed by atoms with Gasteiger partial charge in [0.1, 0.15) is 5.69 Å². The summed E-state index contributed by atoms with van der Waals surface area (Å²) in [5, 5.41) is 2.08. The number of aromatic nitrogens is 1. The van der Waals surface area contributed by atoms with Crippen LogP contribution in [0, 0.1) is 5.92 Å². The van der Waals surface area contributed by atoms with Crippen molar-refractivity contribution in [2.75, 3.05) is 0 Å². The number of rotatable bonds is 4. The topological polar surface area (TPSA) is 30.0 Å². The van der Waals surface area contributed by atoms with E-state index in [1.165, 1.54) is 12.8 Å². The molecular formula is C15H15NO. The van der Waals surface area contributed by atoms with Crippen molar-refractivity contribution in [1.82, 2.24) is 4.98 Å². The van der Waals surface area contributed by atoms with Crippen LogP contribution in [0.25, 0.3) is 10.8 Å². The molecule has 0 spiro atoms. The van der Waals surface area contributed by atoms with E-state index in [0.29, 0.717) is 12.1 Å². The zero-order valence-corrected chi connectivity index (χ0v) is 9.73. The van der Waals surface area contributed by atoms with Gasteiger partial charge in [-0.25, -0.2) is 0 Å². The molecule has 1 aromatic carbocycles. The molecule has 0 saturated heterocycles. The molecule has 86 valence electrons. The first-order valence-electron chi connectivity index (χ1n) is 6.21. The summed E-state index contributed by atoms with van der Waals surface area (Å²) in [7, 11) is 0. The van der Waals surface area contributed by atoms with Crippen LogP contribution in [0.15, 0.2) is 36.5 Å². The van der Waals surface area contributed by atoms with E-state index in [9.17, 15) is 4.79 Å². The van der Waals surface area contributed by atoms with Crippen molar-refractivity contribution in [1.29, 1.82) is 0 Å². The SMILES string of the molecule is O=C(CCC1CC1)c1nccc2ccccc12. The second kappa shape index (κ2) is 4.28. The third-order valence-corrected chi connectivity index (χ3v) is 3.41. The maximum Gasteiger partial charge on any atom is 0.181 e. The maximum atomic E-state index is 12.1. The van der Waals surface area contributed by atoms with E-state index in [1.54, 1.807) is 6.20 Å². The molecule has 2 nitrogen and oxygen atoms in total. The standard InChI is InChI=1S/C15H15NO/c17-14(8-7-11-5-6-11)15-13-4-2-1-3-12(13)9-10-16-15/h1-4,9-11H,5-8H2. The second-order valence-corrected chi connectivity index (χ2v) is 4.79. The van der Waals surface area contributed by atoms with Crippen LogP contribution >= 0.6 is 0 Å². The van der Waals surface area contributed by atoms with Crippen molar-refractivity contribution in [2.24, 2.45) is 5.92 Å². The van der Waals surface area contributed by atoms with Gasteiger partial charge in [-0.05, 0) is 23.8 Å². The number of ketones is 1. The van der Waals surface area contributed by atoms with Gasteiger partial charge in [0.15, 0.2) is 5.78 Å². The Hall–Kier alpha value is -1.70. The van der Waals surface area contributed by atoms with Gasteiger partial charge in [-0.15, -0.1) is 0 Å². The van der Waals surface area contributed by atoms with Crippen LogP contribution in [0.3, 0.4) is 0 Å². The highest BCUT2D eigenvalue weighted by molar-refractivity contribution is 6.06. The molecule has 0 radical (unpaired) electrons. The Balaban J connectivity index is 1.89. The summed E-state index contributed by atoms with van der Waals surface area (Å²) in [4.78, 5) is 16.4. The lowest BCUT2D eigenvalue weighted by atomic mass is 10.0. The molecular weight excluding hydrogens is 210 g/mol. The molecule has 1 aliphatic carbocycles. The minimum absolute atomic E-state index is 0.189. The monoisotopic (exact) mass is 225 g/mol. The fraction of sp³-hybridized carbons (Fsp3) is 0.333. The van der Waals surface area contributed by atoms with Crippen LogP contribution in [0.4, 0.5) is 0 Å². The Labute approximate surface area is 101 Å². The third-order valence-electron chi connectivity index (χ3n) is 3.41. The van der Waals surface area contributed by atoms with Crippen LogP contribution in [0.5, 0.6) is 0 Å². The number of carbonyl (C=O) groups excluding carboxylic acids is 1. The molecule has 0 atom stereocenters. The van der Waals surface area contributed by atoms with Crippen LogP contribution in [-0.2, 0) is 0 Å². The molecule has 0 aliphatic heterocycles. The highest BCUT2D eigenvalue weighted by Gasteiger charge is 2.22. The molecule has 0 unspecified atom stereocenters. The molecule has 2 heteroatoms. The molecule has 0 amide bonds. The highest BCUT2D eigenvalue weighted by Crippen LogP contribution is 2.34. The first kappa shape index (κ1) is 10.5. The smallest absolute Gasteiger partial charge is 0.181 e. The summed E-state index contributed by atoms with van der Waals surface area (Å²) in [5.41, 5.74) is 0.642. The molecule has 1 fully saturated rings. The van der Waals surface area contributed by atoms with Gasteiger partial charge in [-0.2, -0.15) is 0 Å². The van der Waals surface area contributed by atoms with E-state index < -0.39 is 0 Å². The molecule has 0 N–H and O–H groups in total. The zero-order valence-electron chi connectivity index (χ0n) is 9.73. The zero-order chi connectivity index (χ0) is 11.7. The Bertz CT molecular complexity index is 552. The van der Waals surface area contributed by atoms with Crippen molar-refractivity contribution >= 4 is 16.6 Å². The van der Waals surface area contributed by atoms with Crippen LogP contribution in [-0.4, -0.2) is 10.8 Å². The van der Waals surface area contributed by atoms with E-state index in [2.05, 4.69) is 4.98 Å². The molecule has 17 heavy (non-hydrogen) atoms. The van der Waals surface area contributed by atoms with Gasteiger partial charge in [0.25, 0.3) is 0 Å². The first-order chi connectivity index (χ1) is 8.34. The number of benzene rings is 1. The fourth-order valence-electron chi connectivity index (χ4n) is 2.20.